The number of carbonyl (C=O) groups excluding carboxylic acids is 1. The van der Waals surface area contributed by atoms with Crippen molar-refractivity contribution in [1.29, 1.82) is 0 Å². The molecule has 3 aromatic carbocycles. The van der Waals surface area contributed by atoms with Gasteiger partial charge in [0.2, 0.25) is 0 Å². The molecule has 0 atom stereocenters. The van der Waals surface area contributed by atoms with E-state index in [4.69, 9.17) is 11.6 Å². The molecule has 0 bridgehead atoms. The van der Waals surface area contributed by atoms with Crippen LogP contribution < -0.4 is 0 Å². The minimum absolute atomic E-state index is 0.241. The van der Waals surface area contributed by atoms with E-state index in [0.717, 1.165) is 16.7 Å². The molecule has 28 heavy (non-hydrogen) atoms. The van der Waals surface area contributed by atoms with Crippen molar-refractivity contribution < 1.29 is 4.79 Å². The molecule has 1 aromatic heterocycles. The van der Waals surface area contributed by atoms with Crippen molar-refractivity contribution in [3.05, 3.63) is 94.0 Å². The van der Waals surface area contributed by atoms with Gasteiger partial charge >= 0.3 is 0 Å². The summed E-state index contributed by atoms with van der Waals surface area (Å²) in [6.07, 6.45) is 1.88. The van der Waals surface area contributed by atoms with Crippen molar-refractivity contribution in [3.8, 4) is 0 Å². The molecule has 4 nitrogen and oxygen atoms in total. The number of benzene rings is 3. The van der Waals surface area contributed by atoms with Gasteiger partial charge in [-0.1, -0.05) is 76.5 Å². The summed E-state index contributed by atoms with van der Waals surface area (Å²) in [5, 5.41) is 8.72. The molecule has 4 aromatic rings. The summed E-state index contributed by atoms with van der Waals surface area (Å²) in [6.45, 7) is 4.05. The number of rotatable bonds is 3. The van der Waals surface area contributed by atoms with Crippen LogP contribution in [-0.4, -0.2) is 20.9 Å². The first-order valence-electron chi connectivity index (χ1n) is 8.92. The van der Waals surface area contributed by atoms with Gasteiger partial charge in [-0.3, -0.25) is 4.79 Å². The van der Waals surface area contributed by atoms with Crippen LogP contribution in [0.3, 0.4) is 0 Å². The second-order valence-corrected chi connectivity index (χ2v) is 7.21. The third kappa shape index (κ3) is 3.59. The van der Waals surface area contributed by atoms with Gasteiger partial charge in [0.1, 0.15) is 5.52 Å². The van der Waals surface area contributed by atoms with E-state index in [2.05, 4.69) is 10.3 Å². The molecule has 0 aliphatic heterocycles. The van der Waals surface area contributed by atoms with Gasteiger partial charge in [-0.25, -0.2) is 0 Å². The zero-order valence-corrected chi connectivity index (χ0v) is 16.3. The highest BCUT2D eigenvalue weighted by molar-refractivity contribution is 6.31. The minimum atomic E-state index is -0.241. The van der Waals surface area contributed by atoms with Gasteiger partial charge in [0, 0.05) is 10.6 Å². The van der Waals surface area contributed by atoms with E-state index in [1.165, 1.54) is 10.2 Å². The average Bonchev–Trinajstić information content (AvgIpc) is 3.11. The summed E-state index contributed by atoms with van der Waals surface area (Å²) < 4.78 is 1.32. The Morgan fingerprint density at radius 2 is 1.57 bits per heavy atom. The van der Waals surface area contributed by atoms with Crippen molar-refractivity contribution >= 4 is 40.2 Å². The molecule has 0 unspecified atom stereocenters. The van der Waals surface area contributed by atoms with Crippen molar-refractivity contribution in [2.24, 2.45) is 0 Å². The molecule has 0 fully saturated rings. The number of aromatic nitrogens is 3. The Hall–Kier alpha value is -3.24. The average molecular weight is 388 g/mol. The van der Waals surface area contributed by atoms with E-state index < -0.39 is 0 Å². The second-order valence-electron chi connectivity index (χ2n) is 6.77. The van der Waals surface area contributed by atoms with Gasteiger partial charge in [-0.15, -0.1) is 5.10 Å². The van der Waals surface area contributed by atoms with Crippen molar-refractivity contribution in [1.82, 2.24) is 15.0 Å². The Labute approximate surface area is 168 Å². The van der Waals surface area contributed by atoms with E-state index >= 15 is 0 Å². The van der Waals surface area contributed by atoms with Gasteiger partial charge in [0.05, 0.1) is 5.52 Å². The molecule has 0 saturated carbocycles. The quantitative estimate of drug-likeness (QED) is 0.340. The summed E-state index contributed by atoms with van der Waals surface area (Å²) in [7, 11) is 0. The Kier molecular flexibility index (Phi) is 4.80. The molecular weight excluding hydrogens is 370 g/mol. The number of fused-ring (bicyclic) bond motifs is 1. The molecule has 0 spiro atoms. The van der Waals surface area contributed by atoms with Crippen molar-refractivity contribution in [2.75, 3.05) is 0 Å². The highest BCUT2D eigenvalue weighted by Crippen LogP contribution is 2.24. The maximum atomic E-state index is 13.4. The highest BCUT2D eigenvalue weighted by atomic mass is 35.5. The zero-order valence-electron chi connectivity index (χ0n) is 15.6. The molecule has 0 aliphatic rings. The normalized spacial score (nSPS) is 11.8. The SMILES string of the molecule is Cc1ccc(/C=C(/C(=O)n2nnc3cc(Cl)ccc32)c2ccc(C)cc2)cc1. The lowest BCUT2D eigenvalue weighted by Crippen LogP contribution is -2.14. The van der Waals surface area contributed by atoms with E-state index in [-0.39, 0.29) is 5.91 Å². The number of allylic oxidation sites excluding steroid dienone is 1. The third-order valence-electron chi connectivity index (χ3n) is 4.58. The van der Waals surface area contributed by atoms with Gasteiger partial charge in [-0.2, -0.15) is 4.68 Å². The lowest BCUT2D eigenvalue weighted by Gasteiger charge is -2.09. The van der Waals surface area contributed by atoms with Crippen LogP contribution >= 0.6 is 11.6 Å². The van der Waals surface area contributed by atoms with Crippen LogP contribution in [0.1, 0.15) is 27.0 Å². The molecule has 0 amide bonds. The van der Waals surface area contributed by atoms with Crippen molar-refractivity contribution in [2.45, 2.75) is 13.8 Å². The van der Waals surface area contributed by atoms with Crippen LogP contribution in [0.2, 0.25) is 5.02 Å². The summed E-state index contributed by atoms with van der Waals surface area (Å²) >= 11 is 6.03. The molecule has 0 aliphatic carbocycles. The minimum Gasteiger partial charge on any atom is -0.267 e. The van der Waals surface area contributed by atoms with E-state index in [9.17, 15) is 4.79 Å². The van der Waals surface area contributed by atoms with Gasteiger partial charge in [0.15, 0.2) is 0 Å². The number of hydrogen-bond donors (Lipinski definition) is 0. The van der Waals surface area contributed by atoms with Crippen LogP contribution in [-0.2, 0) is 0 Å². The molecular formula is C23H18ClN3O. The standard InChI is InChI=1S/C23H18ClN3O/c1-15-3-7-17(8-4-15)13-20(18-9-5-16(2)6-10-18)23(28)27-22-12-11-19(24)14-21(22)25-26-27/h3-14H,1-2H3/b20-13+. The first-order valence-corrected chi connectivity index (χ1v) is 9.30. The largest absolute Gasteiger partial charge is 0.280 e. The first-order chi connectivity index (χ1) is 13.5. The van der Waals surface area contributed by atoms with Crippen LogP contribution in [0.4, 0.5) is 0 Å². The van der Waals surface area contributed by atoms with E-state index in [1.54, 1.807) is 18.2 Å². The molecule has 1 heterocycles. The molecule has 5 heteroatoms. The fourth-order valence-corrected chi connectivity index (χ4v) is 3.16. The first kappa shape index (κ1) is 18.1. The number of hydrogen-bond acceptors (Lipinski definition) is 3. The molecule has 0 radical (unpaired) electrons. The Bertz CT molecular complexity index is 1190. The monoisotopic (exact) mass is 387 g/mol. The maximum Gasteiger partial charge on any atom is 0.280 e. The molecule has 138 valence electrons. The zero-order chi connectivity index (χ0) is 19.7. The second kappa shape index (κ2) is 7.41. The van der Waals surface area contributed by atoms with Gasteiger partial charge < -0.3 is 0 Å². The topological polar surface area (TPSA) is 47.8 Å². The summed E-state index contributed by atoms with van der Waals surface area (Å²) in [6, 6.07) is 21.1. The predicted octanol–water partition coefficient (Wildman–Crippen LogP) is 5.58. The van der Waals surface area contributed by atoms with Crippen LogP contribution in [0, 0.1) is 13.8 Å². The summed E-state index contributed by atoms with van der Waals surface area (Å²) in [5.41, 5.74) is 5.82. The molecule has 0 saturated heterocycles. The summed E-state index contributed by atoms with van der Waals surface area (Å²) in [5.74, 6) is -0.241. The fourth-order valence-electron chi connectivity index (χ4n) is 2.99. The summed E-state index contributed by atoms with van der Waals surface area (Å²) in [4.78, 5) is 13.4. The lowest BCUT2D eigenvalue weighted by atomic mass is 10.0. The highest BCUT2D eigenvalue weighted by Gasteiger charge is 2.18. The Morgan fingerprint density at radius 1 is 0.929 bits per heavy atom. The lowest BCUT2D eigenvalue weighted by molar-refractivity contribution is 0.0969. The van der Waals surface area contributed by atoms with Gasteiger partial charge in [-0.05, 0) is 49.2 Å². The molecule has 0 N–H and O–H groups in total. The Balaban J connectivity index is 1.85. The van der Waals surface area contributed by atoms with Gasteiger partial charge in [0.25, 0.3) is 5.91 Å². The number of carbonyl (C=O) groups is 1. The fraction of sp³-hybridized carbons (Fsp3) is 0.0870. The number of aryl methyl sites for hydroxylation is 2. The van der Waals surface area contributed by atoms with E-state index in [0.29, 0.717) is 21.6 Å². The third-order valence-corrected chi connectivity index (χ3v) is 4.82. The molecule has 4 rings (SSSR count). The predicted molar refractivity (Wildman–Crippen MR) is 113 cm³/mol. The van der Waals surface area contributed by atoms with Crippen LogP contribution in [0.25, 0.3) is 22.7 Å². The number of nitrogens with zero attached hydrogens (tertiary/aromatic N) is 3. The van der Waals surface area contributed by atoms with Crippen LogP contribution in [0.15, 0.2) is 66.7 Å². The van der Waals surface area contributed by atoms with Crippen LogP contribution in [0.5, 0.6) is 0 Å². The van der Waals surface area contributed by atoms with E-state index in [1.807, 2.05) is 68.5 Å². The smallest absolute Gasteiger partial charge is 0.267 e. The Morgan fingerprint density at radius 3 is 2.25 bits per heavy atom. The van der Waals surface area contributed by atoms with Crippen molar-refractivity contribution in [3.63, 3.8) is 0 Å². The number of halogens is 1. The maximum absolute atomic E-state index is 13.4.